The summed E-state index contributed by atoms with van der Waals surface area (Å²) < 4.78 is 252. The first kappa shape index (κ1) is 44.2. The highest BCUT2D eigenvalue weighted by molar-refractivity contribution is 5.44. The lowest BCUT2D eigenvalue weighted by Crippen LogP contribution is -2.65. The van der Waals surface area contributed by atoms with Crippen molar-refractivity contribution >= 4 is 22.7 Å². The highest BCUT2D eigenvalue weighted by atomic mass is 19.4. The minimum Gasteiger partial charge on any atom is -0.399 e. The summed E-state index contributed by atoms with van der Waals surface area (Å²) >= 11 is 0. The van der Waals surface area contributed by atoms with E-state index in [4.69, 9.17) is 22.9 Å². The van der Waals surface area contributed by atoms with Crippen molar-refractivity contribution in [3.05, 3.63) is 119 Å². The van der Waals surface area contributed by atoms with Gasteiger partial charge in [-0.05, 0) is 48.5 Å². The molecule has 4 aromatic rings. The summed E-state index contributed by atoms with van der Waals surface area (Å²) in [4.78, 5) is 0. The smallest absolute Gasteiger partial charge is 0.385 e. The Morgan fingerprint density at radius 3 is 0.491 bits per heavy atom. The first-order valence-corrected chi connectivity index (χ1v) is 14.6. The summed E-state index contributed by atoms with van der Waals surface area (Å²) in [6.45, 7) is 0. The van der Waals surface area contributed by atoms with Crippen LogP contribution in [0.25, 0.3) is 0 Å². The lowest BCUT2D eigenvalue weighted by molar-refractivity contribution is -0.407. The second kappa shape index (κ2) is 14.2. The van der Waals surface area contributed by atoms with E-state index in [2.05, 4.69) is 0 Å². The van der Waals surface area contributed by atoms with Crippen LogP contribution in [0, 0.1) is 0 Å². The van der Waals surface area contributed by atoms with Gasteiger partial charge in [-0.2, -0.15) is 79.0 Å². The molecule has 55 heavy (non-hydrogen) atoms. The van der Waals surface area contributed by atoms with E-state index >= 15 is 0 Å². The zero-order valence-corrected chi connectivity index (χ0v) is 26.9. The molecule has 0 spiro atoms. The fourth-order valence-corrected chi connectivity index (χ4v) is 4.48. The normalized spacial score (nSPS) is 13.9. The molecule has 0 unspecified atom stereocenters. The molecule has 0 atom stereocenters. The molecular formula is C33H24F18N4. The number of hydrogen-bond donors (Lipinski definition) is 4. The van der Waals surface area contributed by atoms with Gasteiger partial charge in [-0.3, -0.25) is 0 Å². The molecule has 0 bridgehead atoms. The van der Waals surface area contributed by atoms with Crippen molar-refractivity contribution < 1.29 is 79.0 Å². The van der Waals surface area contributed by atoms with E-state index < -0.39 is 75.6 Å². The van der Waals surface area contributed by atoms with Gasteiger partial charge in [0.05, 0.1) is 0 Å². The van der Waals surface area contributed by atoms with Gasteiger partial charge in [0.25, 0.3) is 0 Å². The molecule has 22 heteroatoms. The maximum Gasteiger partial charge on any atom is 0.385 e. The first-order valence-electron chi connectivity index (χ1n) is 14.6. The highest BCUT2D eigenvalue weighted by Crippen LogP contribution is 2.62. The molecule has 0 saturated carbocycles. The summed E-state index contributed by atoms with van der Waals surface area (Å²) in [5.74, 6) is -56.9. The Balaban J connectivity index is 0.000000297. The molecule has 302 valence electrons. The molecule has 0 aromatic heterocycles. The molecule has 0 aliphatic heterocycles. The Labute approximate surface area is 297 Å². The van der Waals surface area contributed by atoms with Crippen LogP contribution >= 0.6 is 0 Å². The Hall–Kier alpha value is -5.18. The number of anilines is 4. The van der Waals surface area contributed by atoms with E-state index in [1.54, 1.807) is 0 Å². The molecule has 8 N–H and O–H groups in total. The SMILES string of the molecule is Nc1ccc(C(F)(F)C(F)(F)C(F)(F)C(F)(F)C(F)(F)c2ccc(N)cc2)cc1.Nc1ccc(C(F)(F)C(F)(F)C(F)(F)C(F)(F)c2ccc(N)cc2)cc1. The maximum atomic E-state index is 14.1. The molecule has 0 heterocycles. The van der Waals surface area contributed by atoms with Crippen LogP contribution in [0.1, 0.15) is 22.3 Å². The number of nitrogens with two attached hydrogens (primary N) is 4. The van der Waals surface area contributed by atoms with Gasteiger partial charge in [0.1, 0.15) is 0 Å². The average Bonchev–Trinajstić information content (AvgIpc) is 3.08. The van der Waals surface area contributed by atoms with Crippen molar-refractivity contribution in [3.8, 4) is 0 Å². The molecule has 0 amide bonds. The first-order chi connectivity index (χ1) is 24.7. The molecule has 0 aliphatic rings. The monoisotopic (exact) mass is 818 g/mol. The van der Waals surface area contributed by atoms with Crippen molar-refractivity contribution in [2.24, 2.45) is 0 Å². The zero-order chi connectivity index (χ0) is 42.4. The molecule has 0 aliphatic carbocycles. The van der Waals surface area contributed by atoms with Crippen LogP contribution in [0.3, 0.4) is 0 Å². The predicted molar refractivity (Wildman–Crippen MR) is 164 cm³/mol. The second-order valence-corrected chi connectivity index (χ2v) is 11.7. The fraction of sp³-hybridized carbons (Fsp3) is 0.273. The van der Waals surface area contributed by atoms with E-state index in [1.807, 2.05) is 0 Å². The molecule has 0 radical (unpaired) electrons. The van der Waals surface area contributed by atoms with Crippen molar-refractivity contribution in [3.63, 3.8) is 0 Å². The standard InChI is InChI=1S/C17H12F10N2.C16H12F8N2/c18-13(19,9-1-5-11(28)6-2-9)15(22,23)17(26,27)16(24,25)14(20,21)10-3-7-12(29)8-4-10;17-13(18,9-1-5-11(25)6-2-9)15(21,22)16(23,24)14(19,20)10-3-7-12(26)8-4-10/h1-8H,28-29H2;1-8H,25-26H2. The average molecular weight is 819 g/mol. The fourth-order valence-electron chi connectivity index (χ4n) is 4.48. The Morgan fingerprint density at radius 1 is 0.218 bits per heavy atom. The van der Waals surface area contributed by atoms with Crippen molar-refractivity contribution in [2.45, 2.75) is 53.3 Å². The summed E-state index contributed by atoms with van der Waals surface area (Å²) in [5, 5.41) is 0. The van der Waals surface area contributed by atoms with Crippen LogP contribution in [0.2, 0.25) is 0 Å². The van der Waals surface area contributed by atoms with Crippen LogP contribution < -0.4 is 22.9 Å². The molecule has 4 nitrogen and oxygen atoms in total. The predicted octanol–water partition coefficient (Wildman–Crippen LogP) is 10.6. The molecule has 4 aromatic carbocycles. The topological polar surface area (TPSA) is 104 Å². The van der Waals surface area contributed by atoms with Gasteiger partial charge in [-0.15, -0.1) is 0 Å². The minimum atomic E-state index is -7.17. The molecule has 4 rings (SSSR count). The summed E-state index contributed by atoms with van der Waals surface area (Å²) in [5.41, 5.74) is 13.3. The van der Waals surface area contributed by atoms with Gasteiger partial charge >= 0.3 is 53.3 Å². The van der Waals surface area contributed by atoms with Crippen molar-refractivity contribution in [1.29, 1.82) is 0 Å². The second-order valence-electron chi connectivity index (χ2n) is 11.7. The third kappa shape index (κ3) is 7.21. The molecule has 0 saturated heterocycles. The Bertz CT molecular complexity index is 1770. The number of halogens is 18. The van der Waals surface area contributed by atoms with Gasteiger partial charge in [0.2, 0.25) is 0 Å². The number of nitrogen functional groups attached to an aromatic ring is 4. The lowest BCUT2D eigenvalue weighted by Gasteiger charge is -2.39. The number of hydrogen-bond acceptors (Lipinski definition) is 4. The zero-order valence-electron chi connectivity index (χ0n) is 26.9. The van der Waals surface area contributed by atoms with Crippen LogP contribution in [0.5, 0.6) is 0 Å². The van der Waals surface area contributed by atoms with E-state index in [-0.39, 0.29) is 47.0 Å². The lowest BCUT2D eigenvalue weighted by atomic mass is 9.88. The number of alkyl halides is 18. The van der Waals surface area contributed by atoms with Gasteiger partial charge in [0, 0.05) is 45.0 Å². The van der Waals surface area contributed by atoms with Gasteiger partial charge in [0.15, 0.2) is 0 Å². The third-order valence-corrected chi connectivity index (χ3v) is 7.85. The van der Waals surface area contributed by atoms with Gasteiger partial charge in [-0.1, -0.05) is 48.5 Å². The molecule has 0 fully saturated rings. The van der Waals surface area contributed by atoms with Crippen molar-refractivity contribution in [1.82, 2.24) is 0 Å². The van der Waals surface area contributed by atoms with Crippen LogP contribution in [-0.2, 0) is 23.7 Å². The largest absolute Gasteiger partial charge is 0.399 e. The quantitative estimate of drug-likeness (QED) is 0.0894. The van der Waals surface area contributed by atoms with Gasteiger partial charge in [-0.25, -0.2) is 0 Å². The Morgan fingerprint density at radius 2 is 0.345 bits per heavy atom. The highest BCUT2D eigenvalue weighted by Gasteiger charge is 2.86. The Kier molecular flexibility index (Phi) is 11.4. The number of benzene rings is 4. The van der Waals surface area contributed by atoms with E-state index in [1.165, 1.54) is 0 Å². The minimum absolute atomic E-state index is 0.105. The van der Waals surface area contributed by atoms with Crippen molar-refractivity contribution in [2.75, 3.05) is 22.9 Å². The summed E-state index contributed by atoms with van der Waals surface area (Å²) in [6, 6.07) is 7.74. The summed E-state index contributed by atoms with van der Waals surface area (Å²) in [7, 11) is 0. The maximum absolute atomic E-state index is 14.1. The van der Waals surface area contributed by atoms with Crippen LogP contribution in [-0.4, -0.2) is 29.6 Å². The van der Waals surface area contributed by atoms with E-state index in [0.29, 0.717) is 48.5 Å². The third-order valence-electron chi connectivity index (χ3n) is 7.85. The number of rotatable bonds is 11. The molecular weight excluding hydrogens is 794 g/mol. The van der Waals surface area contributed by atoms with E-state index in [0.717, 1.165) is 24.3 Å². The summed E-state index contributed by atoms with van der Waals surface area (Å²) in [6.07, 6.45) is 0. The van der Waals surface area contributed by atoms with Crippen LogP contribution in [0.4, 0.5) is 102 Å². The van der Waals surface area contributed by atoms with Crippen LogP contribution in [0.15, 0.2) is 97.1 Å². The van der Waals surface area contributed by atoms with Gasteiger partial charge < -0.3 is 22.9 Å². The van der Waals surface area contributed by atoms with E-state index in [9.17, 15) is 79.0 Å².